The van der Waals surface area contributed by atoms with Crippen molar-refractivity contribution in [2.24, 2.45) is 0 Å². The third kappa shape index (κ3) is 3.40. The number of thioether (sulfide) groups is 1. The molecule has 9 nitrogen and oxygen atoms in total. The van der Waals surface area contributed by atoms with E-state index < -0.39 is 5.76 Å². The Morgan fingerprint density at radius 3 is 2.96 bits per heavy atom. The zero-order valence-corrected chi connectivity index (χ0v) is 14.4. The lowest BCUT2D eigenvalue weighted by Crippen LogP contribution is -2.23. The van der Waals surface area contributed by atoms with Crippen LogP contribution in [0.15, 0.2) is 37.1 Å². The minimum absolute atomic E-state index is 0.0828. The first-order valence-electron chi connectivity index (χ1n) is 7.97. The first kappa shape index (κ1) is 16.6. The maximum absolute atomic E-state index is 12.3. The van der Waals surface area contributed by atoms with Gasteiger partial charge in [-0.3, -0.25) is 14.6 Å². The van der Waals surface area contributed by atoms with Crippen molar-refractivity contribution in [1.82, 2.24) is 20.1 Å². The van der Waals surface area contributed by atoms with Crippen molar-refractivity contribution >= 4 is 34.6 Å². The summed E-state index contributed by atoms with van der Waals surface area (Å²) in [6.07, 6.45) is 1.39. The summed E-state index contributed by atoms with van der Waals surface area (Å²) in [7, 11) is 0. The van der Waals surface area contributed by atoms with Gasteiger partial charge in [-0.15, -0.1) is 10.2 Å². The van der Waals surface area contributed by atoms with Crippen LogP contribution in [0.25, 0.3) is 11.1 Å². The summed E-state index contributed by atoms with van der Waals surface area (Å²) in [5.41, 5.74) is 1.30. The van der Waals surface area contributed by atoms with Crippen LogP contribution in [0.2, 0.25) is 0 Å². The predicted octanol–water partition coefficient (Wildman–Crippen LogP) is 1.60. The van der Waals surface area contributed by atoms with Gasteiger partial charge in [-0.2, -0.15) is 0 Å². The summed E-state index contributed by atoms with van der Waals surface area (Å²) in [6, 6.07) is 4.76. The van der Waals surface area contributed by atoms with Gasteiger partial charge >= 0.3 is 5.76 Å². The van der Waals surface area contributed by atoms with Crippen LogP contribution in [0.4, 0.5) is 0 Å². The van der Waals surface area contributed by atoms with Gasteiger partial charge in [0, 0.05) is 18.5 Å². The number of rotatable bonds is 6. The van der Waals surface area contributed by atoms with Gasteiger partial charge in [0.05, 0.1) is 17.8 Å². The Labute approximate surface area is 150 Å². The molecule has 1 aliphatic rings. The number of benzene rings is 1. The zero-order chi connectivity index (χ0) is 18.1. The van der Waals surface area contributed by atoms with E-state index in [1.165, 1.54) is 6.07 Å². The van der Waals surface area contributed by atoms with E-state index in [-0.39, 0.29) is 22.7 Å². The van der Waals surface area contributed by atoms with Gasteiger partial charge in [-0.05, 0) is 24.6 Å². The molecule has 1 aromatic carbocycles. The maximum atomic E-state index is 12.3. The summed E-state index contributed by atoms with van der Waals surface area (Å²) in [4.78, 5) is 39.3. The Kier molecular flexibility index (Phi) is 4.33. The molecule has 4 rings (SSSR count). The van der Waals surface area contributed by atoms with Crippen LogP contribution in [0, 0.1) is 0 Å². The fraction of sp³-hybridized carbons (Fsp3) is 0.312. The smallest absolute Gasteiger partial charge is 0.414 e. The van der Waals surface area contributed by atoms with E-state index >= 15 is 0 Å². The van der Waals surface area contributed by atoms with Gasteiger partial charge in [0.25, 0.3) is 5.22 Å². The van der Waals surface area contributed by atoms with Gasteiger partial charge in [-0.1, -0.05) is 11.8 Å². The summed E-state index contributed by atoms with van der Waals surface area (Å²) in [5.74, 6) is -0.182. The molecule has 1 amide bonds. The van der Waals surface area contributed by atoms with Gasteiger partial charge in [0.15, 0.2) is 11.4 Å². The van der Waals surface area contributed by atoms with Crippen LogP contribution >= 0.6 is 11.8 Å². The van der Waals surface area contributed by atoms with Crippen LogP contribution in [0.5, 0.6) is 0 Å². The van der Waals surface area contributed by atoms with Crippen LogP contribution in [-0.4, -0.2) is 44.1 Å². The molecule has 1 fully saturated rings. The Morgan fingerprint density at radius 2 is 2.15 bits per heavy atom. The molecule has 0 spiro atoms. The molecule has 3 heterocycles. The Balaban J connectivity index is 1.37. The first-order valence-corrected chi connectivity index (χ1v) is 8.96. The molecule has 0 aliphatic carbocycles. The van der Waals surface area contributed by atoms with E-state index in [0.717, 1.165) is 18.2 Å². The molecule has 0 atom stereocenters. The number of nitrogens with zero attached hydrogens (tertiary/aromatic N) is 3. The van der Waals surface area contributed by atoms with Gasteiger partial charge < -0.3 is 13.7 Å². The number of fused-ring (bicyclic) bond motifs is 1. The summed E-state index contributed by atoms with van der Waals surface area (Å²) < 4.78 is 10.4. The summed E-state index contributed by atoms with van der Waals surface area (Å²) >= 11 is 1.12. The van der Waals surface area contributed by atoms with Gasteiger partial charge in [0.2, 0.25) is 11.8 Å². The lowest BCUT2D eigenvalue weighted by molar-refractivity contribution is -0.128. The number of hydrogen-bond acceptors (Lipinski definition) is 8. The number of carbonyl (C=O) groups is 2. The number of Topliss-reactive ketones (excluding diaryl/α,β-unsaturated/α-hetero) is 1. The van der Waals surface area contributed by atoms with Crippen molar-refractivity contribution in [2.75, 3.05) is 12.3 Å². The van der Waals surface area contributed by atoms with Crippen molar-refractivity contribution in [3.8, 4) is 0 Å². The molecule has 26 heavy (non-hydrogen) atoms. The molecule has 1 saturated heterocycles. The average molecular weight is 374 g/mol. The quantitative estimate of drug-likeness (QED) is 0.510. The molecular formula is C16H14N4O5S. The fourth-order valence-electron chi connectivity index (χ4n) is 2.72. The minimum Gasteiger partial charge on any atom is -0.414 e. The lowest BCUT2D eigenvalue weighted by atomic mass is 10.1. The number of carbonyl (C=O) groups excluding carboxylic acids is 2. The number of aromatic nitrogens is 3. The standard InChI is InChI=1S/C16H14N4O5S/c21-11(9-3-4-10-12(6-9)24-15(23)17-10)8-26-16-19-18-13(25-16)7-20-5-1-2-14(20)22/h3-4,6H,1-2,5,7-8H2,(H,17,23). The highest BCUT2D eigenvalue weighted by molar-refractivity contribution is 7.99. The molecular weight excluding hydrogens is 360 g/mol. The van der Waals surface area contributed by atoms with Crippen LogP contribution in [-0.2, 0) is 11.3 Å². The molecule has 2 aromatic heterocycles. The molecule has 10 heteroatoms. The predicted molar refractivity (Wildman–Crippen MR) is 90.8 cm³/mol. The number of aromatic amines is 1. The summed E-state index contributed by atoms with van der Waals surface area (Å²) in [5, 5.41) is 8.08. The monoisotopic (exact) mass is 374 g/mol. The van der Waals surface area contributed by atoms with Gasteiger partial charge in [0.1, 0.15) is 0 Å². The summed E-state index contributed by atoms with van der Waals surface area (Å²) in [6.45, 7) is 0.990. The zero-order valence-electron chi connectivity index (χ0n) is 13.6. The van der Waals surface area contributed by atoms with Crippen molar-refractivity contribution in [2.45, 2.75) is 24.6 Å². The van der Waals surface area contributed by atoms with E-state index in [1.807, 2.05) is 0 Å². The number of nitrogens with one attached hydrogen (secondary N) is 1. The molecule has 3 aromatic rings. The van der Waals surface area contributed by atoms with Crippen molar-refractivity contribution in [1.29, 1.82) is 0 Å². The number of amides is 1. The Bertz CT molecular complexity index is 1040. The molecule has 0 saturated carbocycles. The molecule has 0 bridgehead atoms. The Morgan fingerprint density at radius 1 is 1.27 bits per heavy atom. The Hall–Kier alpha value is -2.88. The molecule has 0 unspecified atom stereocenters. The number of ketones is 1. The average Bonchev–Trinajstić information content (AvgIpc) is 3.32. The van der Waals surface area contributed by atoms with Crippen molar-refractivity contribution in [3.63, 3.8) is 0 Å². The largest absolute Gasteiger partial charge is 0.417 e. The van der Waals surface area contributed by atoms with E-state index in [2.05, 4.69) is 15.2 Å². The number of likely N-dealkylation sites (tertiary alicyclic amines) is 1. The second-order valence-corrected chi connectivity index (χ2v) is 6.74. The second-order valence-electron chi connectivity index (χ2n) is 5.82. The van der Waals surface area contributed by atoms with E-state index in [0.29, 0.717) is 42.1 Å². The van der Waals surface area contributed by atoms with E-state index in [9.17, 15) is 14.4 Å². The number of hydrogen-bond donors (Lipinski definition) is 1. The lowest BCUT2D eigenvalue weighted by Gasteiger charge is -2.11. The second kappa shape index (κ2) is 6.79. The minimum atomic E-state index is -0.561. The van der Waals surface area contributed by atoms with Crippen molar-refractivity contribution < 1.29 is 18.4 Å². The fourth-order valence-corrected chi connectivity index (χ4v) is 3.40. The highest BCUT2D eigenvalue weighted by atomic mass is 32.2. The normalized spacial score (nSPS) is 14.5. The highest BCUT2D eigenvalue weighted by Crippen LogP contribution is 2.21. The van der Waals surface area contributed by atoms with E-state index in [4.69, 9.17) is 8.83 Å². The van der Waals surface area contributed by atoms with Crippen LogP contribution in [0.3, 0.4) is 0 Å². The van der Waals surface area contributed by atoms with Crippen LogP contribution in [0.1, 0.15) is 29.1 Å². The third-order valence-corrected chi connectivity index (χ3v) is 4.83. The topological polar surface area (TPSA) is 122 Å². The number of oxazole rings is 1. The van der Waals surface area contributed by atoms with Crippen molar-refractivity contribution in [3.05, 3.63) is 40.2 Å². The number of H-pyrrole nitrogens is 1. The molecule has 1 N–H and O–H groups in total. The molecule has 134 valence electrons. The SMILES string of the molecule is O=C(CSc1nnc(CN2CCCC2=O)o1)c1ccc2[nH]c(=O)oc2c1. The third-order valence-electron chi connectivity index (χ3n) is 4.02. The molecule has 0 radical (unpaired) electrons. The molecule has 1 aliphatic heterocycles. The maximum Gasteiger partial charge on any atom is 0.417 e. The van der Waals surface area contributed by atoms with E-state index in [1.54, 1.807) is 17.0 Å². The first-order chi connectivity index (χ1) is 12.6. The van der Waals surface area contributed by atoms with Crippen LogP contribution < -0.4 is 5.76 Å². The van der Waals surface area contributed by atoms with Gasteiger partial charge in [-0.25, -0.2) is 4.79 Å². The highest BCUT2D eigenvalue weighted by Gasteiger charge is 2.22.